The molecule has 0 heterocycles. The van der Waals surface area contributed by atoms with E-state index in [1.54, 1.807) is 12.1 Å². The van der Waals surface area contributed by atoms with E-state index >= 15 is 0 Å². The summed E-state index contributed by atoms with van der Waals surface area (Å²) in [5, 5.41) is 3.91. The minimum absolute atomic E-state index is 0.158. The normalized spacial score (nSPS) is 12.4. The van der Waals surface area contributed by atoms with Crippen LogP contribution in [0.5, 0.6) is 0 Å². The van der Waals surface area contributed by atoms with Crippen LogP contribution in [-0.4, -0.2) is 12.6 Å². The Morgan fingerprint density at radius 2 is 1.86 bits per heavy atom. The average molecular weight is 371 g/mol. The molecule has 4 heteroatoms. The Labute approximate surface area is 138 Å². The summed E-state index contributed by atoms with van der Waals surface area (Å²) in [4.78, 5) is 0. The molecule has 0 aliphatic rings. The number of benzene rings is 2. The number of hydrogen-bond acceptors (Lipinski definition) is 1. The van der Waals surface area contributed by atoms with Gasteiger partial charge in [0.05, 0.1) is 0 Å². The maximum atomic E-state index is 13.9. The van der Waals surface area contributed by atoms with Crippen LogP contribution in [0.15, 0.2) is 46.9 Å². The van der Waals surface area contributed by atoms with Gasteiger partial charge in [-0.2, -0.15) is 0 Å². The highest BCUT2D eigenvalue weighted by Crippen LogP contribution is 2.22. The van der Waals surface area contributed by atoms with Crippen LogP contribution in [0.25, 0.3) is 0 Å². The van der Waals surface area contributed by atoms with E-state index in [1.165, 1.54) is 11.6 Å². The Morgan fingerprint density at radius 1 is 1.14 bits per heavy atom. The molecule has 2 rings (SSSR count). The molecule has 0 fully saturated rings. The molecule has 0 radical (unpaired) electrons. The van der Waals surface area contributed by atoms with Gasteiger partial charge in [0.2, 0.25) is 0 Å². The Kier molecular flexibility index (Phi) is 6.22. The van der Waals surface area contributed by atoms with E-state index < -0.39 is 0 Å². The predicted octanol–water partition coefficient (Wildman–Crippen LogP) is 5.00. The molecule has 0 saturated carbocycles. The third-order valence-corrected chi connectivity index (χ3v) is 4.28. The second-order valence-corrected chi connectivity index (χ2v) is 6.31. The summed E-state index contributed by atoms with van der Waals surface area (Å²) < 4.78 is 15.0. The second-order valence-electron chi connectivity index (χ2n) is 4.99. The molecule has 0 aliphatic heterocycles. The first-order chi connectivity index (χ1) is 10.1. The molecule has 0 amide bonds. The Morgan fingerprint density at radius 3 is 2.48 bits per heavy atom. The third kappa shape index (κ3) is 4.80. The summed E-state index contributed by atoms with van der Waals surface area (Å²) in [5.74, 6) is -0.235. The smallest absolute Gasteiger partial charge is 0.127 e. The van der Waals surface area contributed by atoms with Crippen molar-refractivity contribution in [1.29, 1.82) is 0 Å². The summed E-state index contributed by atoms with van der Waals surface area (Å²) in [6.07, 6.45) is 1.42. The van der Waals surface area contributed by atoms with Crippen molar-refractivity contribution in [2.75, 3.05) is 6.54 Å². The molecule has 2 aromatic carbocycles. The molecule has 1 unspecified atom stereocenters. The van der Waals surface area contributed by atoms with Crippen molar-refractivity contribution < 1.29 is 4.39 Å². The van der Waals surface area contributed by atoms with Gasteiger partial charge in [0.1, 0.15) is 5.82 Å². The van der Waals surface area contributed by atoms with Crippen LogP contribution in [0.1, 0.15) is 18.1 Å². The van der Waals surface area contributed by atoms with Crippen molar-refractivity contribution in [3.8, 4) is 0 Å². The molecule has 0 spiro atoms. The Hall–Kier alpha value is -0.900. The minimum Gasteiger partial charge on any atom is -0.314 e. The quantitative estimate of drug-likeness (QED) is 0.754. The van der Waals surface area contributed by atoms with Crippen molar-refractivity contribution in [1.82, 2.24) is 5.32 Å². The first-order valence-corrected chi connectivity index (χ1v) is 8.18. The van der Waals surface area contributed by atoms with Gasteiger partial charge in [0.25, 0.3) is 0 Å². The van der Waals surface area contributed by atoms with Gasteiger partial charge in [0, 0.05) is 21.1 Å². The number of hydrogen-bond donors (Lipinski definition) is 1. The van der Waals surface area contributed by atoms with Gasteiger partial charge in [-0.15, -0.1) is 0 Å². The lowest BCUT2D eigenvalue weighted by molar-refractivity contribution is 0.506. The van der Waals surface area contributed by atoms with Crippen LogP contribution in [0.3, 0.4) is 0 Å². The molecule has 0 bridgehead atoms. The van der Waals surface area contributed by atoms with Crippen LogP contribution in [0.4, 0.5) is 4.39 Å². The van der Waals surface area contributed by atoms with Gasteiger partial charge < -0.3 is 5.32 Å². The number of likely N-dealkylation sites (N-methyl/N-ethyl adjacent to an activating group) is 1. The molecule has 0 aliphatic carbocycles. The molecule has 1 N–H and O–H groups in total. The van der Waals surface area contributed by atoms with Crippen LogP contribution in [0.2, 0.25) is 5.02 Å². The summed E-state index contributed by atoms with van der Waals surface area (Å²) in [6.45, 7) is 2.89. The molecule has 1 nitrogen and oxygen atoms in total. The molecule has 2 aromatic rings. The van der Waals surface area contributed by atoms with Gasteiger partial charge in [-0.05, 0) is 49.2 Å². The van der Waals surface area contributed by atoms with Gasteiger partial charge in [-0.3, -0.25) is 0 Å². The summed E-state index contributed by atoms with van der Waals surface area (Å²) in [6, 6.07) is 13.2. The summed E-state index contributed by atoms with van der Waals surface area (Å²) >= 11 is 9.56. The van der Waals surface area contributed by atoms with Crippen LogP contribution < -0.4 is 5.32 Å². The van der Waals surface area contributed by atoms with Crippen LogP contribution in [-0.2, 0) is 12.8 Å². The van der Waals surface area contributed by atoms with Crippen molar-refractivity contribution >= 4 is 27.5 Å². The molecule has 1 atom stereocenters. The maximum Gasteiger partial charge on any atom is 0.127 e. The van der Waals surface area contributed by atoms with E-state index in [9.17, 15) is 4.39 Å². The molecule has 0 aromatic heterocycles. The lowest BCUT2D eigenvalue weighted by atomic mass is 9.98. The molecular weight excluding hydrogens is 353 g/mol. The predicted molar refractivity (Wildman–Crippen MR) is 90.4 cm³/mol. The zero-order valence-electron chi connectivity index (χ0n) is 11.9. The Bertz CT molecular complexity index is 566. The van der Waals surface area contributed by atoms with E-state index in [-0.39, 0.29) is 11.9 Å². The van der Waals surface area contributed by atoms with Gasteiger partial charge in [-0.25, -0.2) is 4.39 Å². The standard InChI is InChI=1S/C17H18BrClFN/c1-2-21-14(10-12-6-8-13(18)9-7-12)11-15-16(19)4-3-5-17(15)20/h3-9,14,21H,2,10-11H2,1H3. The first kappa shape index (κ1) is 16.5. The van der Waals surface area contributed by atoms with Gasteiger partial charge >= 0.3 is 0 Å². The van der Waals surface area contributed by atoms with E-state index in [4.69, 9.17) is 11.6 Å². The highest BCUT2D eigenvalue weighted by molar-refractivity contribution is 9.10. The fourth-order valence-corrected chi connectivity index (χ4v) is 2.89. The SMILES string of the molecule is CCNC(Cc1ccc(Br)cc1)Cc1c(F)cccc1Cl. The van der Waals surface area contributed by atoms with Gasteiger partial charge in [-0.1, -0.05) is 52.7 Å². The van der Waals surface area contributed by atoms with E-state index in [0.29, 0.717) is 17.0 Å². The van der Waals surface area contributed by atoms with Crippen molar-refractivity contribution in [3.05, 3.63) is 68.9 Å². The molecule has 21 heavy (non-hydrogen) atoms. The molecule has 0 saturated heterocycles. The lowest BCUT2D eigenvalue weighted by Crippen LogP contribution is -2.33. The number of rotatable bonds is 6. The van der Waals surface area contributed by atoms with E-state index in [0.717, 1.165) is 17.4 Å². The molecular formula is C17H18BrClFN. The zero-order valence-corrected chi connectivity index (χ0v) is 14.2. The van der Waals surface area contributed by atoms with Crippen LogP contribution in [0, 0.1) is 5.82 Å². The fraction of sp³-hybridized carbons (Fsp3) is 0.294. The fourth-order valence-electron chi connectivity index (χ4n) is 2.38. The summed E-state index contributed by atoms with van der Waals surface area (Å²) in [7, 11) is 0. The van der Waals surface area contributed by atoms with Crippen molar-refractivity contribution in [3.63, 3.8) is 0 Å². The number of nitrogens with one attached hydrogen (secondary N) is 1. The van der Waals surface area contributed by atoms with Crippen LogP contribution >= 0.6 is 27.5 Å². The second kappa shape index (κ2) is 7.92. The Balaban J connectivity index is 2.13. The molecule has 112 valence electrons. The average Bonchev–Trinajstić information content (AvgIpc) is 2.45. The van der Waals surface area contributed by atoms with Crippen molar-refractivity contribution in [2.24, 2.45) is 0 Å². The topological polar surface area (TPSA) is 12.0 Å². The van der Waals surface area contributed by atoms with Crippen molar-refractivity contribution in [2.45, 2.75) is 25.8 Å². The maximum absolute atomic E-state index is 13.9. The number of halogens is 3. The first-order valence-electron chi connectivity index (χ1n) is 7.01. The zero-order chi connectivity index (χ0) is 15.2. The van der Waals surface area contributed by atoms with E-state index in [2.05, 4.69) is 40.3 Å². The van der Waals surface area contributed by atoms with Gasteiger partial charge in [0.15, 0.2) is 0 Å². The largest absolute Gasteiger partial charge is 0.314 e. The third-order valence-electron chi connectivity index (χ3n) is 3.40. The van der Waals surface area contributed by atoms with E-state index in [1.807, 2.05) is 12.1 Å². The highest BCUT2D eigenvalue weighted by atomic mass is 79.9. The minimum atomic E-state index is -0.235. The lowest BCUT2D eigenvalue weighted by Gasteiger charge is -2.19. The summed E-state index contributed by atoms with van der Waals surface area (Å²) in [5.41, 5.74) is 1.80. The highest BCUT2D eigenvalue weighted by Gasteiger charge is 2.15. The monoisotopic (exact) mass is 369 g/mol.